The summed E-state index contributed by atoms with van der Waals surface area (Å²) in [5, 5.41) is 8.14. The van der Waals surface area contributed by atoms with Crippen molar-refractivity contribution in [3.05, 3.63) is 48.1 Å². The second-order valence-electron chi connectivity index (χ2n) is 6.54. The third kappa shape index (κ3) is 4.05. The first-order chi connectivity index (χ1) is 13.2. The molecule has 3 heterocycles. The zero-order chi connectivity index (χ0) is 18.6. The lowest BCUT2D eigenvalue weighted by Gasteiger charge is -2.30. The quantitative estimate of drug-likeness (QED) is 0.829. The Morgan fingerprint density at radius 1 is 1.26 bits per heavy atom. The molecule has 140 valence electrons. The van der Waals surface area contributed by atoms with E-state index in [0.717, 1.165) is 0 Å². The molecule has 2 aliphatic rings. The number of ether oxygens (including phenoxy) is 1. The summed E-state index contributed by atoms with van der Waals surface area (Å²) in [7, 11) is 0. The molecule has 0 N–H and O–H groups in total. The van der Waals surface area contributed by atoms with Crippen LogP contribution in [-0.4, -0.2) is 53.1 Å². The normalized spacial score (nSPS) is 20.0. The molecule has 1 fully saturated rings. The van der Waals surface area contributed by atoms with Crippen LogP contribution in [0, 0.1) is 5.82 Å². The van der Waals surface area contributed by atoms with Gasteiger partial charge in [-0.2, -0.15) is 0 Å². The lowest BCUT2D eigenvalue weighted by molar-refractivity contribution is 0.0734. The molecule has 8 heteroatoms. The Morgan fingerprint density at radius 2 is 2.11 bits per heavy atom. The summed E-state index contributed by atoms with van der Waals surface area (Å²) in [4.78, 5) is 18.0. The van der Waals surface area contributed by atoms with Crippen molar-refractivity contribution in [2.75, 3.05) is 19.6 Å². The minimum Gasteiger partial charge on any atom is -0.440 e. The topological polar surface area (TPSA) is 80.8 Å². The van der Waals surface area contributed by atoms with Crippen molar-refractivity contribution in [3.63, 3.8) is 0 Å². The van der Waals surface area contributed by atoms with Crippen LogP contribution in [0.3, 0.4) is 0 Å². The van der Waals surface area contributed by atoms with Crippen molar-refractivity contribution >= 4 is 12.3 Å². The van der Waals surface area contributed by atoms with Crippen LogP contribution in [0.25, 0.3) is 11.5 Å². The van der Waals surface area contributed by atoms with Crippen LogP contribution < -0.4 is 0 Å². The maximum Gasteiger partial charge on any atom is 0.410 e. The number of hydrogen-bond donors (Lipinski definition) is 0. The molecule has 2 aliphatic heterocycles. The molecule has 0 bridgehead atoms. The van der Waals surface area contributed by atoms with Gasteiger partial charge in [0.1, 0.15) is 11.9 Å². The summed E-state index contributed by atoms with van der Waals surface area (Å²) in [5.74, 6) is 0.545. The molecule has 1 unspecified atom stereocenters. The van der Waals surface area contributed by atoms with Gasteiger partial charge in [0.05, 0.1) is 6.54 Å². The van der Waals surface area contributed by atoms with Crippen LogP contribution >= 0.6 is 0 Å². The molecular weight excluding hydrogens is 351 g/mol. The molecule has 1 aromatic heterocycles. The number of aromatic nitrogens is 2. The molecule has 1 saturated heterocycles. The Bertz CT molecular complexity index is 871. The van der Waals surface area contributed by atoms with Crippen molar-refractivity contribution in [1.82, 2.24) is 15.1 Å². The lowest BCUT2D eigenvalue weighted by atomic mass is 9.97. The van der Waals surface area contributed by atoms with Crippen LogP contribution in [0.15, 0.2) is 45.8 Å². The number of aliphatic imine (C=N–C) groups is 1. The molecule has 0 spiro atoms. The first-order valence-electron chi connectivity index (χ1n) is 8.90. The molecule has 1 amide bonds. The molecule has 7 nitrogen and oxygen atoms in total. The smallest absolute Gasteiger partial charge is 0.410 e. The Labute approximate surface area is 155 Å². The Morgan fingerprint density at radius 3 is 2.85 bits per heavy atom. The van der Waals surface area contributed by atoms with Crippen LogP contribution in [0.1, 0.15) is 24.7 Å². The Kier molecular flexibility index (Phi) is 4.95. The number of likely N-dealkylation sites (tertiary alicyclic amines) is 1. The van der Waals surface area contributed by atoms with Crippen LogP contribution in [-0.2, 0) is 4.74 Å². The lowest BCUT2D eigenvalue weighted by Crippen LogP contribution is -2.40. The van der Waals surface area contributed by atoms with E-state index in [2.05, 4.69) is 15.2 Å². The minimum absolute atomic E-state index is 0.0723. The number of carbonyl (C=O) groups is 1. The van der Waals surface area contributed by atoms with Gasteiger partial charge < -0.3 is 14.1 Å². The van der Waals surface area contributed by atoms with Crippen molar-refractivity contribution in [2.24, 2.45) is 4.99 Å². The van der Waals surface area contributed by atoms with Gasteiger partial charge in [-0.05, 0) is 43.2 Å². The molecule has 0 aliphatic carbocycles. The third-order valence-electron chi connectivity index (χ3n) is 4.67. The van der Waals surface area contributed by atoms with Crippen molar-refractivity contribution in [3.8, 4) is 11.5 Å². The number of rotatable bonds is 3. The molecule has 0 saturated carbocycles. The van der Waals surface area contributed by atoms with E-state index >= 15 is 0 Å². The predicted molar refractivity (Wildman–Crippen MR) is 96.0 cm³/mol. The second kappa shape index (κ2) is 7.69. The summed E-state index contributed by atoms with van der Waals surface area (Å²) in [5.41, 5.74) is 0.554. The van der Waals surface area contributed by atoms with E-state index in [-0.39, 0.29) is 23.9 Å². The average molecular weight is 370 g/mol. The second-order valence-corrected chi connectivity index (χ2v) is 6.54. The first kappa shape index (κ1) is 17.4. The van der Waals surface area contributed by atoms with Crippen LogP contribution in [0.4, 0.5) is 9.18 Å². The highest BCUT2D eigenvalue weighted by Gasteiger charge is 2.29. The van der Waals surface area contributed by atoms with Crippen molar-refractivity contribution in [1.29, 1.82) is 0 Å². The van der Waals surface area contributed by atoms with Gasteiger partial charge in [-0.25, -0.2) is 9.18 Å². The van der Waals surface area contributed by atoms with Gasteiger partial charge in [-0.15, -0.1) is 10.2 Å². The molecule has 0 radical (unpaired) electrons. The molecule has 2 aromatic rings. The summed E-state index contributed by atoms with van der Waals surface area (Å²) < 4.78 is 24.5. The standard InChI is InChI=1S/C19H19FN4O3/c20-15-4-1-3-14(11-15)18-23-22-17(27-18)13-6-9-24(10-7-13)19(25)26-16-5-2-8-21-12-16/h1-5,8,11,13,16H,6-7,9-10,12H2. The van der Waals surface area contributed by atoms with Gasteiger partial charge in [-0.1, -0.05) is 6.07 Å². The summed E-state index contributed by atoms with van der Waals surface area (Å²) in [6.45, 7) is 1.57. The van der Waals surface area contributed by atoms with E-state index in [1.165, 1.54) is 12.1 Å². The average Bonchev–Trinajstić information content (AvgIpc) is 3.19. The highest BCUT2D eigenvalue weighted by atomic mass is 19.1. The van der Waals surface area contributed by atoms with Gasteiger partial charge in [-0.3, -0.25) is 4.99 Å². The van der Waals surface area contributed by atoms with Gasteiger partial charge in [0.25, 0.3) is 0 Å². The number of carbonyl (C=O) groups excluding carboxylic acids is 1. The highest BCUT2D eigenvalue weighted by Crippen LogP contribution is 2.29. The van der Waals surface area contributed by atoms with E-state index in [4.69, 9.17) is 9.15 Å². The predicted octanol–water partition coefficient (Wildman–Crippen LogP) is 3.20. The summed E-state index contributed by atoms with van der Waals surface area (Å²) in [6.07, 6.45) is 6.08. The van der Waals surface area contributed by atoms with Crippen LogP contribution in [0.2, 0.25) is 0 Å². The number of nitrogens with zero attached hydrogens (tertiary/aromatic N) is 4. The summed E-state index contributed by atoms with van der Waals surface area (Å²) >= 11 is 0. The fourth-order valence-corrected chi connectivity index (χ4v) is 3.19. The molecule has 4 rings (SSSR count). The van der Waals surface area contributed by atoms with Gasteiger partial charge in [0, 0.05) is 30.8 Å². The number of allylic oxidation sites excluding steroid dienone is 1. The Hall–Kier alpha value is -3.03. The van der Waals surface area contributed by atoms with E-state index < -0.39 is 0 Å². The molecule has 27 heavy (non-hydrogen) atoms. The molecule has 1 aromatic carbocycles. The maximum atomic E-state index is 13.4. The number of benzene rings is 1. The monoisotopic (exact) mass is 370 g/mol. The van der Waals surface area contributed by atoms with Crippen LogP contribution in [0.5, 0.6) is 0 Å². The minimum atomic E-state index is -0.349. The van der Waals surface area contributed by atoms with E-state index in [1.54, 1.807) is 29.3 Å². The first-order valence-corrected chi connectivity index (χ1v) is 8.90. The van der Waals surface area contributed by atoms with Gasteiger partial charge in [0.15, 0.2) is 0 Å². The number of amides is 1. The maximum absolute atomic E-state index is 13.4. The fraction of sp³-hybridized carbons (Fsp3) is 0.368. The molecular formula is C19H19FN4O3. The highest BCUT2D eigenvalue weighted by molar-refractivity contribution is 5.73. The number of piperidine rings is 1. The van der Waals surface area contributed by atoms with E-state index in [9.17, 15) is 9.18 Å². The number of hydrogen-bond acceptors (Lipinski definition) is 6. The molecule has 1 atom stereocenters. The zero-order valence-corrected chi connectivity index (χ0v) is 14.6. The summed E-state index contributed by atoms with van der Waals surface area (Å²) in [6, 6.07) is 6.05. The SMILES string of the molecule is O=C(OC1C=CC=NC1)N1CCC(c2nnc(-c3cccc(F)c3)o2)CC1. The van der Waals surface area contributed by atoms with Crippen molar-refractivity contribution in [2.45, 2.75) is 24.9 Å². The van der Waals surface area contributed by atoms with Gasteiger partial charge >= 0.3 is 6.09 Å². The van der Waals surface area contributed by atoms with Crippen molar-refractivity contribution < 1.29 is 18.3 Å². The third-order valence-corrected chi connectivity index (χ3v) is 4.67. The number of halogens is 1. The van der Waals surface area contributed by atoms with E-state index in [1.807, 2.05) is 6.08 Å². The fourth-order valence-electron chi connectivity index (χ4n) is 3.19. The van der Waals surface area contributed by atoms with E-state index in [0.29, 0.717) is 49.8 Å². The van der Waals surface area contributed by atoms with Gasteiger partial charge in [0.2, 0.25) is 11.8 Å². The largest absolute Gasteiger partial charge is 0.440 e. The number of dihydropyridines is 1. The Balaban J connectivity index is 1.33. The zero-order valence-electron chi connectivity index (χ0n) is 14.6.